The number of aryl methyl sites for hydroxylation is 1. The van der Waals surface area contributed by atoms with E-state index in [1.165, 1.54) is 0 Å². The van der Waals surface area contributed by atoms with E-state index in [0.717, 1.165) is 56.2 Å². The number of nitrogens with zero attached hydrogens (tertiary/aromatic N) is 5. The lowest BCUT2D eigenvalue weighted by Crippen LogP contribution is -2.24. The lowest BCUT2D eigenvalue weighted by atomic mass is 10.3. The van der Waals surface area contributed by atoms with Crippen LogP contribution >= 0.6 is 0 Å². The van der Waals surface area contributed by atoms with Gasteiger partial charge in [0.05, 0.1) is 12.2 Å². The fourth-order valence-electron chi connectivity index (χ4n) is 3.04. The Labute approximate surface area is 149 Å². The van der Waals surface area contributed by atoms with Crippen molar-refractivity contribution in [3.05, 3.63) is 35.7 Å². The molecule has 3 rings (SSSR count). The number of hydrogen-bond acceptors (Lipinski definition) is 7. The summed E-state index contributed by atoms with van der Waals surface area (Å²) in [4.78, 5) is 13.2. The van der Waals surface area contributed by atoms with Gasteiger partial charge in [-0.2, -0.15) is 4.98 Å². The van der Waals surface area contributed by atoms with Crippen LogP contribution in [0.3, 0.4) is 0 Å². The van der Waals surface area contributed by atoms with Crippen molar-refractivity contribution < 1.29 is 9.26 Å². The average molecular weight is 345 g/mol. The van der Waals surface area contributed by atoms with Gasteiger partial charge in [-0.1, -0.05) is 12.1 Å². The third-order valence-corrected chi connectivity index (χ3v) is 4.14. The van der Waals surface area contributed by atoms with Crippen LogP contribution in [0.15, 0.2) is 22.9 Å². The molecule has 136 valence electrons. The maximum Gasteiger partial charge on any atom is 0.240 e. The van der Waals surface area contributed by atoms with Gasteiger partial charge in [-0.15, -0.1) is 0 Å². The van der Waals surface area contributed by atoms with Gasteiger partial charge in [-0.25, -0.2) is 0 Å². The second-order valence-corrected chi connectivity index (χ2v) is 6.84. The monoisotopic (exact) mass is 345 g/mol. The Bertz CT molecular complexity index is 673. The SMILES string of the molecule is CCCc1noc(CN2CCC(Oc3ccnc(CN(C)C)c3)C2)n1. The van der Waals surface area contributed by atoms with E-state index in [2.05, 4.69) is 31.8 Å². The Morgan fingerprint density at radius 1 is 1.40 bits per heavy atom. The van der Waals surface area contributed by atoms with Crippen molar-refractivity contribution in [3.63, 3.8) is 0 Å². The highest BCUT2D eigenvalue weighted by molar-refractivity contribution is 5.23. The van der Waals surface area contributed by atoms with Crippen molar-refractivity contribution in [2.75, 3.05) is 27.2 Å². The van der Waals surface area contributed by atoms with Gasteiger partial charge in [0.15, 0.2) is 5.82 Å². The normalized spacial score (nSPS) is 18.2. The van der Waals surface area contributed by atoms with Crippen LogP contribution in [0.1, 0.15) is 37.2 Å². The van der Waals surface area contributed by atoms with Crippen LogP contribution in [0.25, 0.3) is 0 Å². The van der Waals surface area contributed by atoms with Crippen molar-refractivity contribution in [2.24, 2.45) is 0 Å². The minimum absolute atomic E-state index is 0.188. The van der Waals surface area contributed by atoms with E-state index < -0.39 is 0 Å². The molecule has 1 saturated heterocycles. The molecule has 0 aromatic carbocycles. The second kappa shape index (κ2) is 8.40. The molecular weight excluding hydrogens is 318 g/mol. The predicted molar refractivity (Wildman–Crippen MR) is 94.2 cm³/mol. The number of likely N-dealkylation sites (tertiary alicyclic amines) is 1. The van der Waals surface area contributed by atoms with Gasteiger partial charge >= 0.3 is 0 Å². The first-order valence-corrected chi connectivity index (χ1v) is 8.92. The van der Waals surface area contributed by atoms with E-state index in [1.54, 1.807) is 0 Å². The van der Waals surface area contributed by atoms with Gasteiger partial charge in [0.1, 0.15) is 11.9 Å². The standard InChI is InChI=1S/C18H27N5O2/c1-4-5-17-20-18(25-21-17)13-23-9-7-16(12-23)24-15-6-8-19-14(10-15)11-22(2)3/h6,8,10,16H,4-5,7,9,11-13H2,1-3H3. The minimum atomic E-state index is 0.188. The van der Waals surface area contributed by atoms with Crippen molar-refractivity contribution >= 4 is 0 Å². The highest BCUT2D eigenvalue weighted by atomic mass is 16.5. The average Bonchev–Trinajstić information content (AvgIpc) is 3.18. The van der Waals surface area contributed by atoms with Gasteiger partial charge in [-0.05, 0) is 33.0 Å². The van der Waals surface area contributed by atoms with Gasteiger partial charge in [0.2, 0.25) is 5.89 Å². The van der Waals surface area contributed by atoms with E-state index in [0.29, 0.717) is 12.4 Å². The van der Waals surface area contributed by atoms with Gasteiger partial charge in [0.25, 0.3) is 0 Å². The van der Waals surface area contributed by atoms with Crippen LogP contribution in [-0.4, -0.2) is 58.2 Å². The summed E-state index contributed by atoms with van der Waals surface area (Å²) in [6.45, 7) is 5.47. The Kier molecular flexibility index (Phi) is 5.99. The third kappa shape index (κ3) is 5.24. The molecule has 0 bridgehead atoms. The largest absolute Gasteiger partial charge is 0.489 e. The molecule has 0 radical (unpaired) electrons. The Hall–Kier alpha value is -1.99. The van der Waals surface area contributed by atoms with E-state index in [1.807, 2.05) is 32.4 Å². The fourth-order valence-corrected chi connectivity index (χ4v) is 3.04. The van der Waals surface area contributed by atoms with Crippen molar-refractivity contribution in [1.82, 2.24) is 24.9 Å². The fraction of sp³-hybridized carbons (Fsp3) is 0.611. The molecule has 7 heteroatoms. The summed E-state index contributed by atoms with van der Waals surface area (Å²) in [5.41, 5.74) is 1.02. The number of rotatable bonds is 8. The summed E-state index contributed by atoms with van der Waals surface area (Å²) in [6, 6.07) is 3.95. The molecule has 1 fully saturated rings. The summed E-state index contributed by atoms with van der Waals surface area (Å²) in [5, 5.41) is 4.01. The molecular formula is C18H27N5O2. The smallest absolute Gasteiger partial charge is 0.240 e. The van der Waals surface area contributed by atoms with Crippen LogP contribution in [0, 0.1) is 0 Å². The molecule has 0 N–H and O–H groups in total. The molecule has 1 aliphatic heterocycles. The lowest BCUT2D eigenvalue weighted by Gasteiger charge is -2.16. The molecule has 2 aromatic heterocycles. The quantitative estimate of drug-likeness (QED) is 0.726. The maximum absolute atomic E-state index is 6.14. The maximum atomic E-state index is 6.14. The molecule has 25 heavy (non-hydrogen) atoms. The predicted octanol–water partition coefficient (Wildman–Crippen LogP) is 2.13. The topological polar surface area (TPSA) is 67.5 Å². The first kappa shape index (κ1) is 17.8. The van der Waals surface area contributed by atoms with E-state index >= 15 is 0 Å². The van der Waals surface area contributed by atoms with Crippen LogP contribution < -0.4 is 4.74 Å². The van der Waals surface area contributed by atoms with Gasteiger partial charge < -0.3 is 14.2 Å². The zero-order valence-corrected chi connectivity index (χ0v) is 15.3. The molecule has 0 aliphatic carbocycles. The third-order valence-electron chi connectivity index (χ3n) is 4.14. The number of pyridine rings is 1. The van der Waals surface area contributed by atoms with Crippen molar-refractivity contribution in [1.29, 1.82) is 0 Å². The summed E-state index contributed by atoms with van der Waals surface area (Å²) >= 11 is 0. The molecule has 3 heterocycles. The second-order valence-electron chi connectivity index (χ2n) is 6.84. The van der Waals surface area contributed by atoms with E-state index in [9.17, 15) is 0 Å². The van der Waals surface area contributed by atoms with Crippen LogP contribution in [-0.2, 0) is 19.5 Å². The first-order valence-electron chi connectivity index (χ1n) is 8.92. The van der Waals surface area contributed by atoms with Crippen LogP contribution in [0.4, 0.5) is 0 Å². The van der Waals surface area contributed by atoms with Crippen molar-refractivity contribution in [3.8, 4) is 5.75 Å². The van der Waals surface area contributed by atoms with Gasteiger partial charge in [0, 0.05) is 38.3 Å². The molecule has 0 spiro atoms. The first-order chi connectivity index (χ1) is 12.1. The molecule has 2 aromatic rings. The molecule has 1 unspecified atom stereocenters. The highest BCUT2D eigenvalue weighted by Gasteiger charge is 2.25. The minimum Gasteiger partial charge on any atom is -0.489 e. The Balaban J connectivity index is 1.50. The summed E-state index contributed by atoms with van der Waals surface area (Å²) in [5.74, 6) is 2.39. The number of aromatic nitrogens is 3. The number of ether oxygens (including phenoxy) is 1. The Morgan fingerprint density at radius 2 is 2.28 bits per heavy atom. The van der Waals surface area contributed by atoms with Gasteiger partial charge in [-0.3, -0.25) is 9.88 Å². The van der Waals surface area contributed by atoms with Crippen LogP contribution in [0.5, 0.6) is 5.75 Å². The molecule has 0 amide bonds. The van der Waals surface area contributed by atoms with Crippen molar-refractivity contribution in [2.45, 2.75) is 45.4 Å². The zero-order chi connectivity index (χ0) is 17.6. The molecule has 1 aliphatic rings. The molecule has 1 atom stereocenters. The van der Waals surface area contributed by atoms with Crippen LogP contribution in [0.2, 0.25) is 0 Å². The lowest BCUT2D eigenvalue weighted by molar-refractivity contribution is 0.190. The molecule has 0 saturated carbocycles. The summed E-state index contributed by atoms with van der Waals surface area (Å²) in [7, 11) is 4.07. The number of hydrogen-bond donors (Lipinski definition) is 0. The van der Waals surface area contributed by atoms with E-state index in [4.69, 9.17) is 9.26 Å². The Morgan fingerprint density at radius 3 is 3.08 bits per heavy atom. The summed E-state index contributed by atoms with van der Waals surface area (Å²) < 4.78 is 11.5. The summed E-state index contributed by atoms with van der Waals surface area (Å²) in [6.07, 6.45) is 4.90. The van der Waals surface area contributed by atoms with E-state index in [-0.39, 0.29) is 6.10 Å². The molecule has 7 nitrogen and oxygen atoms in total. The zero-order valence-electron chi connectivity index (χ0n) is 15.3. The highest BCUT2D eigenvalue weighted by Crippen LogP contribution is 2.20.